The molecule has 3 rings (SSSR count). The molecule has 0 radical (unpaired) electrons. The second-order valence-corrected chi connectivity index (χ2v) is 7.09. The average molecular weight is 386 g/mol. The van der Waals surface area contributed by atoms with E-state index in [1.807, 2.05) is 17.0 Å². The van der Waals surface area contributed by atoms with Crippen molar-refractivity contribution < 1.29 is 14.1 Å². The van der Waals surface area contributed by atoms with Crippen molar-refractivity contribution in [2.45, 2.75) is 31.8 Å². The van der Waals surface area contributed by atoms with Crippen LogP contribution in [0.4, 0.5) is 11.4 Å². The number of nitro groups is 1. The van der Waals surface area contributed by atoms with E-state index in [2.05, 4.69) is 17.3 Å². The zero-order valence-electron chi connectivity index (χ0n) is 16.0. The Morgan fingerprint density at radius 1 is 1.29 bits per heavy atom. The second-order valence-electron chi connectivity index (χ2n) is 7.09. The molecule has 1 N–H and O–H groups in total. The van der Waals surface area contributed by atoms with Gasteiger partial charge in [-0.2, -0.15) is 0 Å². The Bertz CT molecular complexity index is 785. The Hall–Kier alpha value is -2.87. The number of rotatable bonds is 8. The first kappa shape index (κ1) is 19.9. The number of nitrogens with one attached hydrogen (secondary N) is 1. The van der Waals surface area contributed by atoms with Crippen LogP contribution in [-0.2, 0) is 11.3 Å². The molecule has 28 heavy (non-hydrogen) atoms. The van der Waals surface area contributed by atoms with Gasteiger partial charge in [0.1, 0.15) is 11.4 Å². The van der Waals surface area contributed by atoms with Crippen LogP contribution in [0, 0.1) is 10.1 Å². The Morgan fingerprint density at radius 2 is 2.04 bits per heavy atom. The van der Waals surface area contributed by atoms with Crippen LogP contribution in [0.15, 0.2) is 47.1 Å². The lowest BCUT2D eigenvalue weighted by Crippen LogP contribution is -2.46. The minimum Gasteiger partial charge on any atom is -0.467 e. The molecule has 2 heterocycles. The zero-order valence-corrected chi connectivity index (χ0v) is 16.0. The van der Waals surface area contributed by atoms with Crippen molar-refractivity contribution in [3.8, 4) is 0 Å². The number of anilines is 1. The summed E-state index contributed by atoms with van der Waals surface area (Å²) in [5, 5.41) is 14.1. The fourth-order valence-electron chi connectivity index (χ4n) is 3.53. The lowest BCUT2D eigenvalue weighted by Gasteiger charge is -2.37. The zero-order chi connectivity index (χ0) is 19.9. The molecule has 1 aromatic heterocycles. The molecule has 8 heteroatoms. The summed E-state index contributed by atoms with van der Waals surface area (Å²) in [6.07, 6.45) is 3.74. The van der Waals surface area contributed by atoms with Crippen LogP contribution >= 0.6 is 0 Å². The largest absolute Gasteiger partial charge is 0.467 e. The van der Waals surface area contributed by atoms with Gasteiger partial charge in [0.25, 0.3) is 5.69 Å². The summed E-state index contributed by atoms with van der Waals surface area (Å²) >= 11 is 0. The molecular weight excluding hydrogens is 360 g/mol. The Kier molecular flexibility index (Phi) is 6.65. The van der Waals surface area contributed by atoms with Gasteiger partial charge in [-0.25, -0.2) is 0 Å². The van der Waals surface area contributed by atoms with Gasteiger partial charge in [-0.05, 0) is 51.2 Å². The third kappa shape index (κ3) is 5.10. The minimum atomic E-state index is -0.425. The van der Waals surface area contributed by atoms with Crippen molar-refractivity contribution >= 4 is 17.3 Å². The number of benzene rings is 1. The molecule has 1 saturated heterocycles. The number of carbonyl (C=O) groups is 1. The van der Waals surface area contributed by atoms with Gasteiger partial charge >= 0.3 is 0 Å². The van der Waals surface area contributed by atoms with Crippen LogP contribution in [0.2, 0.25) is 0 Å². The maximum atomic E-state index is 13.0. The number of amides is 1. The van der Waals surface area contributed by atoms with Crippen molar-refractivity contribution in [3.63, 3.8) is 0 Å². The molecule has 0 bridgehead atoms. The van der Waals surface area contributed by atoms with E-state index < -0.39 is 4.92 Å². The van der Waals surface area contributed by atoms with Crippen molar-refractivity contribution in [1.82, 2.24) is 9.80 Å². The van der Waals surface area contributed by atoms with Gasteiger partial charge in [0.2, 0.25) is 5.91 Å². The third-order valence-electron chi connectivity index (χ3n) is 5.11. The maximum absolute atomic E-state index is 13.0. The predicted octanol–water partition coefficient (Wildman–Crippen LogP) is 3.11. The fraction of sp³-hybridized carbons (Fsp3) is 0.450. The topological polar surface area (TPSA) is 91.9 Å². The van der Waals surface area contributed by atoms with E-state index >= 15 is 0 Å². The van der Waals surface area contributed by atoms with E-state index in [1.165, 1.54) is 6.07 Å². The van der Waals surface area contributed by atoms with Gasteiger partial charge in [0.05, 0.1) is 17.7 Å². The first-order valence-electron chi connectivity index (χ1n) is 9.52. The SMILES string of the molecule is CN1CCC(N(Cc2ccco2)C(=O)CCNc2ccccc2[N+](=O)[O-])CC1. The first-order chi connectivity index (χ1) is 13.5. The highest BCUT2D eigenvalue weighted by Crippen LogP contribution is 2.24. The minimum absolute atomic E-state index is 0.0118. The van der Waals surface area contributed by atoms with E-state index in [1.54, 1.807) is 24.5 Å². The number of para-hydroxylation sites is 2. The molecule has 0 unspecified atom stereocenters. The van der Waals surface area contributed by atoms with Crippen LogP contribution in [0.5, 0.6) is 0 Å². The second kappa shape index (κ2) is 9.36. The molecule has 1 aliphatic heterocycles. The normalized spacial score (nSPS) is 15.3. The van der Waals surface area contributed by atoms with Gasteiger partial charge in [-0.15, -0.1) is 0 Å². The van der Waals surface area contributed by atoms with Gasteiger partial charge in [0, 0.05) is 25.1 Å². The molecule has 1 amide bonds. The van der Waals surface area contributed by atoms with Crippen molar-refractivity contribution in [1.29, 1.82) is 0 Å². The molecule has 1 aliphatic rings. The van der Waals surface area contributed by atoms with E-state index in [9.17, 15) is 14.9 Å². The van der Waals surface area contributed by atoms with Crippen LogP contribution in [0.3, 0.4) is 0 Å². The molecule has 1 fully saturated rings. The summed E-state index contributed by atoms with van der Waals surface area (Å²) in [6.45, 7) is 2.71. The first-order valence-corrected chi connectivity index (χ1v) is 9.52. The van der Waals surface area contributed by atoms with Crippen LogP contribution in [-0.4, -0.2) is 53.4 Å². The lowest BCUT2D eigenvalue weighted by atomic mass is 10.0. The molecular formula is C20H26N4O4. The summed E-state index contributed by atoms with van der Waals surface area (Å²) in [5.74, 6) is 0.788. The lowest BCUT2D eigenvalue weighted by molar-refractivity contribution is -0.384. The number of carbonyl (C=O) groups excluding carboxylic acids is 1. The summed E-state index contributed by atoms with van der Waals surface area (Å²) < 4.78 is 5.45. The summed E-state index contributed by atoms with van der Waals surface area (Å²) in [5.41, 5.74) is 0.440. The van der Waals surface area contributed by atoms with E-state index in [0.717, 1.165) is 31.7 Å². The Morgan fingerprint density at radius 3 is 2.71 bits per heavy atom. The van der Waals surface area contributed by atoms with Crippen LogP contribution < -0.4 is 5.32 Å². The molecule has 0 aliphatic carbocycles. The summed E-state index contributed by atoms with van der Waals surface area (Å²) in [7, 11) is 2.09. The molecule has 0 spiro atoms. The van der Waals surface area contributed by atoms with Crippen LogP contribution in [0.25, 0.3) is 0 Å². The molecule has 1 aromatic carbocycles. The average Bonchev–Trinajstić information content (AvgIpc) is 3.20. The van der Waals surface area contributed by atoms with Crippen molar-refractivity contribution in [2.75, 3.05) is 32.0 Å². The van der Waals surface area contributed by atoms with Gasteiger partial charge in [-0.1, -0.05) is 12.1 Å². The van der Waals surface area contributed by atoms with E-state index in [0.29, 0.717) is 18.8 Å². The number of hydrogen-bond donors (Lipinski definition) is 1. The molecule has 2 aromatic rings. The highest BCUT2D eigenvalue weighted by atomic mass is 16.6. The van der Waals surface area contributed by atoms with E-state index in [4.69, 9.17) is 4.42 Å². The number of hydrogen-bond acceptors (Lipinski definition) is 6. The Balaban J connectivity index is 1.62. The van der Waals surface area contributed by atoms with E-state index in [-0.39, 0.29) is 24.1 Å². The number of likely N-dealkylation sites (tertiary alicyclic amines) is 1. The number of nitrogens with zero attached hydrogens (tertiary/aromatic N) is 3. The van der Waals surface area contributed by atoms with Gasteiger partial charge in [0.15, 0.2) is 0 Å². The van der Waals surface area contributed by atoms with Crippen molar-refractivity contribution in [2.24, 2.45) is 0 Å². The molecule has 0 atom stereocenters. The molecule has 8 nitrogen and oxygen atoms in total. The molecule has 0 saturated carbocycles. The number of piperidine rings is 1. The maximum Gasteiger partial charge on any atom is 0.292 e. The summed E-state index contributed by atoms with van der Waals surface area (Å²) in [4.78, 5) is 27.8. The highest BCUT2D eigenvalue weighted by Gasteiger charge is 2.27. The monoisotopic (exact) mass is 386 g/mol. The van der Waals surface area contributed by atoms with Gasteiger partial charge < -0.3 is 19.5 Å². The standard InChI is InChI=1S/C20H26N4O4/c1-22-12-9-16(10-13-22)23(15-17-5-4-14-28-17)20(25)8-11-21-18-6-2-3-7-19(18)24(26)27/h2-7,14,16,21H,8-13,15H2,1H3. The van der Waals surface area contributed by atoms with Crippen LogP contribution in [0.1, 0.15) is 25.0 Å². The van der Waals surface area contributed by atoms with Gasteiger partial charge in [-0.3, -0.25) is 14.9 Å². The number of furan rings is 1. The fourth-order valence-corrected chi connectivity index (χ4v) is 3.53. The highest BCUT2D eigenvalue weighted by molar-refractivity contribution is 5.77. The third-order valence-corrected chi connectivity index (χ3v) is 5.11. The predicted molar refractivity (Wildman–Crippen MR) is 106 cm³/mol. The number of nitro benzene ring substituents is 1. The quantitative estimate of drug-likeness (QED) is 0.554. The smallest absolute Gasteiger partial charge is 0.292 e. The van der Waals surface area contributed by atoms with Crippen molar-refractivity contribution in [3.05, 3.63) is 58.5 Å². The molecule has 150 valence electrons. The Labute approximate surface area is 164 Å². The summed E-state index contributed by atoms with van der Waals surface area (Å²) in [6, 6.07) is 10.3.